The van der Waals surface area contributed by atoms with Crippen molar-refractivity contribution in [2.75, 3.05) is 13.7 Å². The Bertz CT molecular complexity index is 374. The third kappa shape index (κ3) is 1.62. The molecule has 0 bridgehead atoms. The minimum absolute atomic E-state index is 0.0596. The molecule has 2 rings (SSSR count). The Hall–Kier alpha value is -0.730. The van der Waals surface area contributed by atoms with E-state index in [1.807, 2.05) is 18.2 Å². The molecule has 1 N–H and O–H groups in total. The van der Waals surface area contributed by atoms with Crippen LogP contribution in [-0.4, -0.2) is 18.8 Å². The molecule has 1 aromatic rings. The molecule has 0 saturated heterocycles. The summed E-state index contributed by atoms with van der Waals surface area (Å²) in [6, 6.07) is 5.75. The normalized spacial score (nSPS) is 28.9. The summed E-state index contributed by atoms with van der Waals surface area (Å²) >= 11 is 6.06. The summed E-state index contributed by atoms with van der Waals surface area (Å²) in [5.74, 6) is 1.22. The number of ether oxygens (including phenoxy) is 1. The summed E-state index contributed by atoms with van der Waals surface area (Å²) in [5, 5.41) is 10.0. The molecule has 0 heterocycles. The number of benzene rings is 1. The lowest BCUT2D eigenvalue weighted by Gasteiger charge is -2.15. The van der Waals surface area contributed by atoms with Crippen LogP contribution in [0.1, 0.15) is 18.9 Å². The van der Waals surface area contributed by atoms with Gasteiger partial charge in [-0.15, -0.1) is 0 Å². The Morgan fingerprint density at radius 3 is 2.67 bits per heavy atom. The quantitative estimate of drug-likeness (QED) is 0.859. The largest absolute Gasteiger partial charge is 0.495 e. The van der Waals surface area contributed by atoms with Crippen LogP contribution in [0.4, 0.5) is 0 Å². The number of halogens is 1. The maximum atomic E-state index is 9.42. The first kappa shape index (κ1) is 10.8. The van der Waals surface area contributed by atoms with Crippen molar-refractivity contribution >= 4 is 11.6 Å². The molecule has 15 heavy (non-hydrogen) atoms. The van der Waals surface area contributed by atoms with E-state index in [4.69, 9.17) is 16.3 Å². The van der Waals surface area contributed by atoms with Crippen LogP contribution in [-0.2, 0) is 5.41 Å². The van der Waals surface area contributed by atoms with E-state index in [1.165, 1.54) is 0 Å². The Kier molecular flexibility index (Phi) is 2.65. The standard InChI is InChI=1S/C12H15ClO2/c1-8-6-12(8,7-14)9-3-4-11(15-2)10(13)5-9/h3-5,8,14H,6-7H2,1-2H3. The Morgan fingerprint density at radius 1 is 1.60 bits per heavy atom. The zero-order valence-electron chi connectivity index (χ0n) is 8.96. The lowest BCUT2D eigenvalue weighted by Crippen LogP contribution is -2.14. The Labute approximate surface area is 94.8 Å². The summed E-state index contributed by atoms with van der Waals surface area (Å²) in [7, 11) is 1.60. The van der Waals surface area contributed by atoms with Gasteiger partial charge in [-0.05, 0) is 30.0 Å². The highest BCUT2D eigenvalue weighted by molar-refractivity contribution is 6.32. The summed E-state index contributed by atoms with van der Waals surface area (Å²) in [5.41, 5.74) is 1.05. The van der Waals surface area contributed by atoms with E-state index < -0.39 is 0 Å². The van der Waals surface area contributed by atoms with E-state index in [0.717, 1.165) is 12.0 Å². The molecule has 82 valence electrons. The molecule has 3 heteroatoms. The monoisotopic (exact) mass is 226 g/mol. The topological polar surface area (TPSA) is 29.5 Å². The molecule has 0 radical (unpaired) electrons. The number of aliphatic hydroxyl groups is 1. The second-order valence-corrected chi connectivity index (χ2v) is 4.68. The highest BCUT2D eigenvalue weighted by atomic mass is 35.5. The molecular formula is C12H15ClO2. The Balaban J connectivity index is 2.35. The molecule has 0 spiro atoms. The lowest BCUT2D eigenvalue weighted by atomic mass is 9.94. The fourth-order valence-electron chi connectivity index (χ4n) is 2.18. The van der Waals surface area contributed by atoms with Crippen LogP contribution in [0.3, 0.4) is 0 Å². The maximum Gasteiger partial charge on any atom is 0.137 e. The van der Waals surface area contributed by atoms with Crippen molar-refractivity contribution in [1.29, 1.82) is 0 Å². The molecule has 1 aromatic carbocycles. The third-order valence-electron chi connectivity index (χ3n) is 3.46. The van der Waals surface area contributed by atoms with Crippen LogP contribution in [0.5, 0.6) is 5.75 Å². The van der Waals surface area contributed by atoms with Gasteiger partial charge in [0.15, 0.2) is 0 Å². The molecule has 2 atom stereocenters. The average Bonchev–Trinajstić information content (AvgIpc) is 2.91. The van der Waals surface area contributed by atoms with Crippen molar-refractivity contribution in [3.05, 3.63) is 28.8 Å². The molecule has 0 aliphatic heterocycles. The van der Waals surface area contributed by atoms with E-state index in [9.17, 15) is 5.11 Å². The van der Waals surface area contributed by atoms with Crippen molar-refractivity contribution in [3.63, 3.8) is 0 Å². The van der Waals surface area contributed by atoms with E-state index in [1.54, 1.807) is 7.11 Å². The van der Waals surface area contributed by atoms with Crippen molar-refractivity contribution in [2.45, 2.75) is 18.8 Å². The number of methoxy groups -OCH3 is 1. The zero-order valence-corrected chi connectivity index (χ0v) is 9.71. The van der Waals surface area contributed by atoms with Gasteiger partial charge in [0.2, 0.25) is 0 Å². The molecule has 1 saturated carbocycles. The summed E-state index contributed by atoms with van der Waals surface area (Å²) in [6.07, 6.45) is 1.03. The number of rotatable bonds is 3. The zero-order chi connectivity index (χ0) is 11.1. The highest BCUT2D eigenvalue weighted by Gasteiger charge is 2.51. The number of hydrogen-bond donors (Lipinski definition) is 1. The van der Waals surface area contributed by atoms with Crippen LogP contribution >= 0.6 is 11.6 Å². The number of hydrogen-bond acceptors (Lipinski definition) is 2. The van der Waals surface area contributed by atoms with Crippen LogP contribution in [0.2, 0.25) is 5.02 Å². The highest BCUT2D eigenvalue weighted by Crippen LogP contribution is 2.54. The van der Waals surface area contributed by atoms with Gasteiger partial charge in [-0.2, -0.15) is 0 Å². The van der Waals surface area contributed by atoms with Gasteiger partial charge in [0, 0.05) is 5.41 Å². The van der Waals surface area contributed by atoms with Gasteiger partial charge in [-0.25, -0.2) is 0 Å². The van der Waals surface area contributed by atoms with Gasteiger partial charge in [0.1, 0.15) is 5.75 Å². The van der Waals surface area contributed by atoms with Crippen molar-refractivity contribution < 1.29 is 9.84 Å². The van der Waals surface area contributed by atoms with Crippen LogP contribution < -0.4 is 4.74 Å². The van der Waals surface area contributed by atoms with Gasteiger partial charge in [-0.1, -0.05) is 24.6 Å². The van der Waals surface area contributed by atoms with Crippen molar-refractivity contribution in [1.82, 2.24) is 0 Å². The first-order valence-corrected chi connectivity index (χ1v) is 5.46. The molecule has 0 amide bonds. The summed E-state index contributed by atoms with van der Waals surface area (Å²) in [4.78, 5) is 0. The maximum absolute atomic E-state index is 9.42. The van der Waals surface area contributed by atoms with E-state index in [0.29, 0.717) is 16.7 Å². The van der Waals surface area contributed by atoms with E-state index >= 15 is 0 Å². The minimum atomic E-state index is -0.0596. The molecule has 2 nitrogen and oxygen atoms in total. The van der Waals surface area contributed by atoms with Gasteiger partial charge in [0.05, 0.1) is 18.7 Å². The summed E-state index contributed by atoms with van der Waals surface area (Å²) < 4.78 is 5.10. The van der Waals surface area contributed by atoms with E-state index in [2.05, 4.69) is 6.92 Å². The second kappa shape index (κ2) is 3.69. The molecule has 1 fully saturated rings. The SMILES string of the molecule is COc1ccc(C2(CO)CC2C)cc1Cl. The predicted molar refractivity (Wildman–Crippen MR) is 60.5 cm³/mol. The molecule has 0 aromatic heterocycles. The predicted octanol–water partition coefficient (Wildman–Crippen LogP) is 2.62. The first-order valence-electron chi connectivity index (χ1n) is 5.09. The number of aliphatic hydroxyl groups excluding tert-OH is 1. The van der Waals surface area contributed by atoms with Gasteiger partial charge >= 0.3 is 0 Å². The van der Waals surface area contributed by atoms with Gasteiger partial charge in [0.25, 0.3) is 0 Å². The fraction of sp³-hybridized carbons (Fsp3) is 0.500. The summed E-state index contributed by atoms with van der Waals surface area (Å²) in [6.45, 7) is 2.34. The van der Waals surface area contributed by atoms with Gasteiger partial charge in [-0.3, -0.25) is 0 Å². The average molecular weight is 227 g/mol. The van der Waals surface area contributed by atoms with Gasteiger partial charge < -0.3 is 9.84 Å². The van der Waals surface area contributed by atoms with Crippen LogP contribution in [0.15, 0.2) is 18.2 Å². The van der Waals surface area contributed by atoms with E-state index in [-0.39, 0.29) is 12.0 Å². The molecule has 1 aliphatic rings. The lowest BCUT2D eigenvalue weighted by molar-refractivity contribution is 0.247. The Morgan fingerprint density at radius 2 is 2.27 bits per heavy atom. The van der Waals surface area contributed by atoms with Crippen molar-refractivity contribution in [3.8, 4) is 5.75 Å². The van der Waals surface area contributed by atoms with Crippen LogP contribution in [0, 0.1) is 5.92 Å². The second-order valence-electron chi connectivity index (χ2n) is 4.27. The molecule has 2 unspecified atom stereocenters. The van der Waals surface area contributed by atoms with Crippen molar-refractivity contribution in [2.24, 2.45) is 5.92 Å². The molecular weight excluding hydrogens is 212 g/mol. The minimum Gasteiger partial charge on any atom is -0.495 e. The first-order chi connectivity index (χ1) is 7.14. The fourth-order valence-corrected chi connectivity index (χ4v) is 2.44. The smallest absolute Gasteiger partial charge is 0.137 e. The third-order valence-corrected chi connectivity index (χ3v) is 3.76. The molecule has 1 aliphatic carbocycles. The van der Waals surface area contributed by atoms with Crippen LogP contribution in [0.25, 0.3) is 0 Å².